The van der Waals surface area contributed by atoms with Crippen molar-refractivity contribution in [3.05, 3.63) is 35.0 Å². The van der Waals surface area contributed by atoms with E-state index in [1.165, 1.54) is 7.05 Å². The molecule has 0 unspecified atom stereocenters. The highest BCUT2D eigenvalue weighted by molar-refractivity contribution is 5.37. The van der Waals surface area contributed by atoms with Crippen LogP contribution in [-0.4, -0.2) is 11.9 Å². The van der Waals surface area contributed by atoms with Gasteiger partial charge in [-0.1, -0.05) is 22.6 Å². The van der Waals surface area contributed by atoms with E-state index in [0.717, 1.165) is 5.56 Å². The zero-order valence-electron chi connectivity index (χ0n) is 6.61. The number of rotatable bonds is 1. The largest absolute Gasteiger partial charge is 0.600 e. The third kappa shape index (κ3) is 2.37. The Kier molecular flexibility index (Phi) is 2.21. The normalized spacial score (nSPS) is 11.6. The van der Waals surface area contributed by atoms with Crippen LogP contribution in [0.5, 0.6) is 0 Å². The molecule has 0 N–H and O–H groups in total. The van der Waals surface area contributed by atoms with Crippen LogP contribution in [0.3, 0.4) is 0 Å². The monoisotopic (exact) mass is 150 g/mol. The fourth-order valence-corrected chi connectivity index (χ4v) is 0.774. The highest BCUT2D eigenvalue weighted by Crippen LogP contribution is 2.11. The van der Waals surface area contributed by atoms with Crippen molar-refractivity contribution in [1.29, 1.82) is 0 Å². The van der Waals surface area contributed by atoms with Crippen molar-refractivity contribution in [3.63, 3.8) is 0 Å². The van der Waals surface area contributed by atoms with Gasteiger partial charge < -0.3 is 5.21 Å². The average Bonchev–Trinajstić information content (AvgIpc) is 1.93. The fourth-order valence-electron chi connectivity index (χ4n) is 0.774. The summed E-state index contributed by atoms with van der Waals surface area (Å²) >= 11 is 0. The van der Waals surface area contributed by atoms with Crippen LogP contribution in [0.25, 0.3) is 0 Å². The van der Waals surface area contributed by atoms with Crippen molar-refractivity contribution >= 4 is 5.69 Å². The molecule has 0 saturated carbocycles. The molecular formula is C8H10N2O. The molecule has 3 nitrogen and oxygen atoms in total. The van der Waals surface area contributed by atoms with E-state index in [0.29, 0.717) is 10.5 Å². The second-order valence-corrected chi connectivity index (χ2v) is 2.40. The molecule has 11 heavy (non-hydrogen) atoms. The molecular weight excluding hydrogens is 140 g/mol. The van der Waals surface area contributed by atoms with Crippen molar-refractivity contribution in [2.24, 2.45) is 5.11 Å². The summed E-state index contributed by atoms with van der Waals surface area (Å²) < 4.78 is 0. The third-order valence-corrected chi connectivity index (χ3v) is 1.29. The van der Waals surface area contributed by atoms with E-state index in [1.807, 2.05) is 31.2 Å². The number of azo groups is 1. The molecule has 58 valence electrons. The van der Waals surface area contributed by atoms with E-state index in [9.17, 15) is 5.21 Å². The highest BCUT2D eigenvalue weighted by atomic mass is 16.5. The molecule has 0 spiro atoms. The van der Waals surface area contributed by atoms with Gasteiger partial charge in [-0.15, -0.1) is 0 Å². The van der Waals surface area contributed by atoms with E-state index in [1.54, 1.807) is 0 Å². The highest BCUT2D eigenvalue weighted by Gasteiger charge is 1.90. The van der Waals surface area contributed by atoms with Crippen LogP contribution in [0.4, 0.5) is 5.69 Å². The molecule has 0 amide bonds. The molecule has 0 atom stereocenters. The summed E-state index contributed by atoms with van der Waals surface area (Å²) in [5.41, 5.74) is 1.85. The Labute approximate surface area is 65.6 Å². The Morgan fingerprint density at radius 2 is 1.82 bits per heavy atom. The number of hydrogen-bond donors (Lipinski definition) is 0. The summed E-state index contributed by atoms with van der Waals surface area (Å²) in [4.78, 5) is 0.546. The number of benzene rings is 1. The van der Waals surface area contributed by atoms with Gasteiger partial charge in [0.25, 0.3) is 0 Å². The minimum absolute atomic E-state index is 0.546. The Bertz CT molecular complexity index is 260. The van der Waals surface area contributed by atoms with Gasteiger partial charge in [0.15, 0.2) is 7.05 Å². The predicted octanol–water partition coefficient (Wildman–Crippen LogP) is 2.22. The molecule has 1 aromatic rings. The van der Waals surface area contributed by atoms with Crippen LogP contribution in [-0.2, 0) is 0 Å². The van der Waals surface area contributed by atoms with E-state index < -0.39 is 0 Å². The zero-order chi connectivity index (χ0) is 8.27. The van der Waals surface area contributed by atoms with Crippen LogP contribution in [0, 0.1) is 12.1 Å². The molecule has 1 rings (SSSR count). The lowest BCUT2D eigenvalue weighted by atomic mass is 10.2. The Morgan fingerprint density at radius 3 is 2.27 bits per heavy atom. The van der Waals surface area contributed by atoms with Gasteiger partial charge in [0.05, 0.1) is 0 Å². The Morgan fingerprint density at radius 1 is 1.27 bits per heavy atom. The van der Waals surface area contributed by atoms with Gasteiger partial charge in [-0.05, 0) is 19.1 Å². The van der Waals surface area contributed by atoms with Crippen molar-refractivity contribution < 1.29 is 4.86 Å². The average molecular weight is 150 g/mol. The van der Waals surface area contributed by atoms with Gasteiger partial charge in [0, 0.05) is 5.11 Å². The maximum absolute atomic E-state index is 10.4. The number of aryl methyl sites for hydroxylation is 1. The SMILES string of the molecule is Cc1ccc(N=[N+](C)[O-])cc1. The number of nitrogens with zero attached hydrogens (tertiary/aromatic N) is 2. The molecule has 0 aromatic heterocycles. The Balaban J connectivity index is 2.91. The van der Waals surface area contributed by atoms with E-state index in [-0.39, 0.29) is 0 Å². The maximum atomic E-state index is 10.4. The fraction of sp³-hybridized carbons (Fsp3) is 0.250. The second-order valence-electron chi connectivity index (χ2n) is 2.40. The molecule has 0 radical (unpaired) electrons. The van der Waals surface area contributed by atoms with E-state index in [4.69, 9.17) is 0 Å². The molecule has 0 aliphatic carbocycles. The lowest BCUT2D eigenvalue weighted by molar-refractivity contribution is -0.493. The van der Waals surface area contributed by atoms with Crippen LogP contribution in [0.1, 0.15) is 5.56 Å². The van der Waals surface area contributed by atoms with Gasteiger partial charge in [-0.3, -0.25) is 0 Å². The summed E-state index contributed by atoms with van der Waals surface area (Å²) in [5.74, 6) is 0. The maximum Gasteiger partial charge on any atom is 0.171 e. The van der Waals surface area contributed by atoms with Crippen molar-refractivity contribution in [1.82, 2.24) is 0 Å². The van der Waals surface area contributed by atoms with Crippen molar-refractivity contribution in [2.75, 3.05) is 7.05 Å². The molecule has 0 aliphatic rings. The summed E-state index contributed by atoms with van der Waals surface area (Å²) in [6.07, 6.45) is 0. The summed E-state index contributed by atoms with van der Waals surface area (Å²) in [6.45, 7) is 1.99. The summed E-state index contributed by atoms with van der Waals surface area (Å²) in [6, 6.07) is 7.46. The molecule has 0 heterocycles. The second kappa shape index (κ2) is 3.14. The van der Waals surface area contributed by atoms with Crippen LogP contribution >= 0.6 is 0 Å². The minimum Gasteiger partial charge on any atom is -0.600 e. The third-order valence-electron chi connectivity index (χ3n) is 1.29. The van der Waals surface area contributed by atoms with Gasteiger partial charge in [0.1, 0.15) is 5.69 Å². The number of hydroxylamine groups is 1. The predicted molar refractivity (Wildman–Crippen MR) is 42.8 cm³/mol. The first-order valence-corrected chi connectivity index (χ1v) is 3.37. The lowest BCUT2D eigenvalue weighted by Crippen LogP contribution is -1.85. The Hall–Kier alpha value is -1.38. The van der Waals surface area contributed by atoms with Gasteiger partial charge >= 0.3 is 0 Å². The van der Waals surface area contributed by atoms with Crippen molar-refractivity contribution in [3.8, 4) is 0 Å². The standard InChI is InChI=1S/C8H10N2O/c1-7-3-5-8(6-4-7)9-10(2)11/h3-6H,1-2H3. The number of hydrogen-bond acceptors (Lipinski definition) is 2. The molecule has 0 saturated heterocycles. The topological polar surface area (TPSA) is 38.4 Å². The van der Waals surface area contributed by atoms with Gasteiger partial charge in [0.2, 0.25) is 0 Å². The van der Waals surface area contributed by atoms with E-state index in [2.05, 4.69) is 5.11 Å². The van der Waals surface area contributed by atoms with Gasteiger partial charge in [-0.25, -0.2) is 0 Å². The quantitative estimate of drug-likeness (QED) is 0.343. The van der Waals surface area contributed by atoms with Crippen molar-refractivity contribution in [2.45, 2.75) is 6.92 Å². The summed E-state index contributed by atoms with van der Waals surface area (Å²) in [5, 5.41) is 14.1. The first kappa shape index (κ1) is 7.72. The smallest absolute Gasteiger partial charge is 0.171 e. The van der Waals surface area contributed by atoms with Crippen LogP contribution in [0.2, 0.25) is 0 Å². The summed E-state index contributed by atoms with van der Waals surface area (Å²) in [7, 11) is 1.36. The van der Waals surface area contributed by atoms with Crippen LogP contribution < -0.4 is 0 Å². The first-order valence-electron chi connectivity index (χ1n) is 3.37. The molecule has 1 aromatic carbocycles. The lowest BCUT2D eigenvalue weighted by Gasteiger charge is -1.93. The first-order chi connectivity index (χ1) is 5.18. The van der Waals surface area contributed by atoms with E-state index >= 15 is 0 Å². The van der Waals surface area contributed by atoms with Crippen LogP contribution in [0.15, 0.2) is 29.4 Å². The molecule has 0 fully saturated rings. The molecule has 3 heteroatoms. The minimum atomic E-state index is 0.546. The zero-order valence-corrected chi connectivity index (χ0v) is 6.61. The molecule has 0 aliphatic heterocycles. The van der Waals surface area contributed by atoms with Gasteiger partial charge in [-0.2, -0.15) is 0 Å². The molecule has 0 bridgehead atoms.